The van der Waals surface area contributed by atoms with E-state index >= 15 is 0 Å². The molecule has 2 heterocycles. The summed E-state index contributed by atoms with van der Waals surface area (Å²) in [6.45, 7) is 3.26. The molecule has 0 radical (unpaired) electrons. The van der Waals surface area contributed by atoms with Gasteiger partial charge in [0.15, 0.2) is 0 Å². The third-order valence-electron chi connectivity index (χ3n) is 2.86. The number of hydrogen-bond donors (Lipinski definition) is 1. The number of carbonyl (C=O) groups excluding carboxylic acids is 1. The van der Waals surface area contributed by atoms with Gasteiger partial charge in [0.1, 0.15) is 0 Å². The fourth-order valence-corrected chi connectivity index (χ4v) is 1.79. The number of nitrogens with zero attached hydrogens (tertiary/aromatic N) is 3. The van der Waals surface area contributed by atoms with E-state index in [4.69, 9.17) is 4.74 Å². The normalized spacial score (nSPS) is 10.4. The molecular formula is C13H16N4O2. The lowest BCUT2D eigenvalue weighted by atomic mass is 10.2. The number of methoxy groups -OCH3 is 1. The fraction of sp³-hybridized carbons (Fsp3) is 0.308. The van der Waals surface area contributed by atoms with Crippen LogP contribution >= 0.6 is 0 Å². The second-order valence-corrected chi connectivity index (χ2v) is 4.09. The second-order valence-electron chi connectivity index (χ2n) is 4.09. The van der Waals surface area contributed by atoms with Gasteiger partial charge >= 0.3 is 0 Å². The molecule has 0 aliphatic carbocycles. The van der Waals surface area contributed by atoms with E-state index in [0.717, 1.165) is 12.2 Å². The summed E-state index contributed by atoms with van der Waals surface area (Å²) < 4.78 is 7.02. The molecule has 0 aliphatic heterocycles. The van der Waals surface area contributed by atoms with Gasteiger partial charge in [-0.05, 0) is 19.1 Å². The lowest BCUT2D eigenvalue weighted by Crippen LogP contribution is -2.14. The molecule has 0 saturated heterocycles. The number of anilines is 1. The summed E-state index contributed by atoms with van der Waals surface area (Å²) in [5.41, 5.74) is 2.19. The molecule has 6 heteroatoms. The highest BCUT2D eigenvalue weighted by atomic mass is 16.5. The number of aromatic nitrogens is 3. The Hall–Kier alpha value is -2.21. The Morgan fingerprint density at radius 2 is 2.26 bits per heavy atom. The van der Waals surface area contributed by atoms with E-state index < -0.39 is 0 Å². The summed E-state index contributed by atoms with van der Waals surface area (Å²) in [4.78, 5) is 12.1. The van der Waals surface area contributed by atoms with Gasteiger partial charge in [0.2, 0.25) is 0 Å². The zero-order valence-corrected chi connectivity index (χ0v) is 11.0. The molecule has 0 saturated carbocycles. The molecule has 2 rings (SSSR count). The van der Waals surface area contributed by atoms with Gasteiger partial charge in [-0.25, -0.2) is 0 Å². The molecule has 0 aromatic carbocycles. The van der Waals surface area contributed by atoms with E-state index in [2.05, 4.69) is 15.5 Å². The van der Waals surface area contributed by atoms with Gasteiger partial charge < -0.3 is 14.6 Å². The van der Waals surface area contributed by atoms with Gasteiger partial charge in [0.25, 0.3) is 5.91 Å². The molecule has 19 heavy (non-hydrogen) atoms. The summed E-state index contributed by atoms with van der Waals surface area (Å²) in [5, 5.41) is 10.2. The number of rotatable bonds is 5. The van der Waals surface area contributed by atoms with Crippen LogP contribution in [0, 0.1) is 6.92 Å². The SMILES string of the molecule is COCCn1ccc(C(=O)Nc2ccnnc2)c1C. The van der Waals surface area contributed by atoms with Crippen molar-refractivity contribution in [3.8, 4) is 0 Å². The maximum atomic E-state index is 12.1. The first-order valence-electron chi connectivity index (χ1n) is 5.95. The highest BCUT2D eigenvalue weighted by Gasteiger charge is 2.12. The van der Waals surface area contributed by atoms with Crippen molar-refractivity contribution < 1.29 is 9.53 Å². The predicted molar refractivity (Wildman–Crippen MR) is 71.0 cm³/mol. The summed E-state index contributed by atoms with van der Waals surface area (Å²) >= 11 is 0. The molecular weight excluding hydrogens is 244 g/mol. The predicted octanol–water partition coefficient (Wildman–Crippen LogP) is 1.49. The summed E-state index contributed by atoms with van der Waals surface area (Å²) in [6, 6.07) is 3.50. The standard InChI is InChI=1S/C13H16N4O2/c1-10-12(4-6-17(10)7-8-19-2)13(18)16-11-3-5-14-15-9-11/h3-6,9H,7-8H2,1-2H3,(H,14,16,18). The minimum Gasteiger partial charge on any atom is -0.383 e. The number of ether oxygens (including phenoxy) is 1. The number of hydrogen-bond acceptors (Lipinski definition) is 4. The zero-order valence-electron chi connectivity index (χ0n) is 11.0. The van der Waals surface area contributed by atoms with Crippen molar-refractivity contribution in [1.82, 2.24) is 14.8 Å². The van der Waals surface area contributed by atoms with Crippen LogP contribution in [0.5, 0.6) is 0 Å². The topological polar surface area (TPSA) is 69.0 Å². The van der Waals surface area contributed by atoms with Gasteiger partial charge in [0.05, 0.1) is 30.3 Å². The average Bonchev–Trinajstić information content (AvgIpc) is 2.79. The molecule has 6 nitrogen and oxygen atoms in total. The van der Waals surface area contributed by atoms with Crippen molar-refractivity contribution in [2.45, 2.75) is 13.5 Å². The lowest BCUT2D eigenvalue weighted by Gasteiger charge is -2.07. The van der Waals surface area contributed by atoms with E-state index in [-0.39, 0.29) is 5.91 Å². The molecule has 0 unspecified atom stereocenters. The Kier molecular flexibility index (Phi) is 4.25. The number of amides is 1. The summed E-state index contributed by atoms with van der Waals surface area (Å²) in [5.74, 6) is -0.151. The van der Waals surface area contributed by atoms with Crippen LogP contribution in [0.4, 0.5) is 5.69 Å². The minimum absolute atomic E-state index is 0.151. The van der Waals surface area contributed by atoms with Gasteiger partial charge in [0, 0.05) is 25.5 Å². The van der Waals surface area contributed by atoms with Gasteiger partial charge in [-0.15, -0.1) is 0 Å². The van der Waals surface area contributed by atoms with Crippen LogP contribution in [0.1, 0.15) is 16.1 Å². The van der Waals surface area contributed by atoms with Crippen LogP contribution in [-0.2, 0) is 11.3 Å². The Bertz CT molecular complexity index is 551. The third kappa shape index (κ3) is 3.17. The van der Waals surface area contributed by atoms with Crippen LogP contribution < -0.4 is 5.32 Å². The van der Waals surface area contributed by atoms with E-state index in [1.165, 1.54) is 12.4 Å². The number of nitrogens with one attached hydrogen (secondary N) is 1. The quantitative estimate of drug-likeness (QED) is 0.884. The van der Waals surface area contributed by atoms with Crippen LogP contribution in [0.3, 0.4) is 0 Å². The third-order valence-corrected chi connectivity index (χ3v) is 2.86. The first-order valence-corrected chi connectivity index (χ1v) is 5.95. The van der Waals surface area contributed by atoms with E-state index in [9.17, 15) is 4.79 Å². The van der Waals surface area contributed by atoms with E-state index in [0.29, 0.717) is 17.9 Å². The van der Waals surface area contributed by atoms with Crippen LogP contribution in [0.2, 0.25) is 0 Å². The van der Waals surface area contributed by atoms with Gasteiger partial charge in [-0.3, -0.25) is 4.79 Å². The van der Waals surface area contributed by atoms with Crippen molar-refractivity contribution in [2.75, 3.05) is 19.0 Å². The largest absolute Gasteiger partial charge is 0.383 e. The van der Waals surface area contributed by atoms with Gasteiger partial charge in [-0.2, -0.15) is 10.2 Å². The molecule has 0 spiro atoms. The molecule has 1 amide bonds. The second kappa shape index (κ2) is 6.10. The first kappa shape index (κ1) is 13.2. The Balaban J connectivity index is 2.09. The molecule has 2 aromatic heterocycles. The van der Waals surface area contributed by atoms with Crippen molar-refractivity contribution >= 4 is 11.6 Å². The molecule has 0 aliphatic rings. The van der Waals surface area contributed by atoms with E-state index in [1.807, 2.05) is 17.7 Å². The van der Waals surface area contributed by atoms with Crippen molar-refractivity contribution in [1.29, 1.82) is 0 Å². The maximum Gasteiger partial charge on any atom is 0.257 e. The van der Waals surface area contributed by atoms with Crippen molar-refractivity contribution in [2.24, 2.45) is 0 Å². The number of carbonyl (C=O) groups is 1. The summed E-state index contributed by atoms with van der Waals surface area (Å²) in [7, 11) is 1.66. The van der Waals surface area contributed by atoms with Crippen molar-refractivity contribution in [3.05, 3.63) is 42.0 Å². The molecule has 0 fully saturated rings. The van der Waals surface area contributed by atoms with Crippen molar-refractivity contribution in [3.63, 3.8) is 0 Å². The lowest BCUT2D eigenvalue weighted by molar-refractivity contribution is 0.102. The Morgan fingerprint density at radius 3 is 2.95 bits per heavy atom. The monoisotopic (exact) mass is 260 g/mol. The smallest absolute Gasteiger partial charge is 0.257 e. The van der Waals surface area contributed by atoms with Crippen LogP contribution in [0.25, 0.3) is 0 Å². The zero-order chi connectivity index (χ0) is 13.7. The molecule has 0 bridgehead atoms. The first-order chi connectivity index (χ1) is 9.22. The van der Waals surface area contributed by atoms with E-state index in [1.54, 1.807) is 19.2 Å². The fourth-order valence-electron chi connectivity index (χ4n) is 1.79. The highest BCUT2D eigenvalue weighted by Crippen LogP contribution is 2.12. The molecule has 1 N–H and O–H groups in total. The minimum atomic E-state index is -0.151. The maximum absolute atomic E-state index is 12.1. The van der Waals surface area contributed by atoms with Crippen LogP contribution in [0.15, 0.2) is 30.7 Å². The van der Waals surface area contributed by atoms with Crippen LogP contribution in [-0.4, -0.2) is 34.4 Å². The molecule has 100 valence electrons. The summed E-state index contributed by atoms with van der Waals surface area (Å²) in [6.07, 6.45) is 4.93. The average molecular weight is 260 g/mol. The van der Waals surface area contributed by atoms with Gasteiger partial charge in [-0.1, -0.05) is 0 Å². The molecule has 2 aromatic rings. The highest BCUT2D eigenvalue weighted by molar-refractivity contribution is 6.05. The Morgan fingerprint density at radius 1 is 1.42 bits per heavy atom. The molecule has 0 atom stereocenters. The Labute approximate surface area is 111 Å².